The molecule has 1 aromatic carbocycles. The number of rotatable bonds is 29. The molecular weight excluding hydrogens is 984 g/mol. The molecule has 3 aliphatic heterocycles. The molecule has 18 atom stereocenters. The highest BCUT2D eigenvalue weighted by molar-refractivity contribution is 5.77. The standard InChI is InChI=1S/C44H68N4O25/c1-2-24(52)23(47-30(56)9-4-3-7-15-46-29(55)8-5-6-10-31(57)68-22-13-11-21(12-14-22)48(65)66)20-67-41-36(61)35(60)38(28(19-51)70-41)71-42-37(62)40(34(59)27(18-50)69-42)73-44(43(63)64)16-25(53)32(45)39(72-44)33(58)26(54)17-49/h2,11-14,23-28,32-42,49-54,58-62H,1,3-10,15-20,45H2,(H,46,55)(H,47,56)(H,63,64)/t23-,24-,25+,26-,27-,28-,32-,33-,34+,35-,36-,37-,38-,39-,40+,41-,42+,44+/m1/s1. The molecule has 3 aliphatic rings. The lowest BCUT2D eigenvalue weighted by Crippen LogP contribution is -2.70. The number of nitrogens with one attached hydrogen (secondary N) is 2. The summed E-state index contributed by atoms with van der Waals surface area (Å²) in [5, 5.41) is 143. The molecule has 0 aliphatic carbocycles. The Kier molecular flexibility index (Phi) is 24.3. The van der Waals surface area contributed by atoms with Crippen LogP contribution in [0.1, 0.15) is 57.8 Å². The Hall–Kier alpha value is -4.48. The van der Waals surface area contributed by atoms with Gasteiger partial charge in [-0.15, -0.1) is 6.58 Å². The number of aliphatic carboxylic acids is 1. The minimum Gasteiger partial charge on any atom is -0.477 e. The fourth-order valence-corrected chi connectivity index (χ4v) is 8.05. The van der Waals surface area contributed by atoms with Gasteiger partial charge in [0.1, 0.15) is 72.9 Å². The van der Waals surface area contributed by atoms with E-state index in [0.717, 1.165) is 6.08 Å². The second-order valence-corrected chi connectivity index (χ2v) is 17.7. The summed E-state index contributed by atoms with van der Waals surface area (Å²) >= 11 is 0. The number of aliphatic hydroxyl groups is 11. The molecule has 3 fully saturated rings. The summed E-state index contributed by atoms with van der Waals surface area (Å²) in [6.07, 6.45) is -26.1. The number of non-ortho nitro benzene ring substituents is 1. The summed E-state index contributed by atoms with van der Waals surface area (Å²) < 4.78 is 38.7. The molecule has 3 heterocycles. The first kappa shape index (κ1) is 61.1. The zero-order valence-corrected chi connectivity index (χ0v) is 39.5. The van der Waals surface area contributed by atoms with E-state index in [-0.39, 0.29) is 36.6 Å². The van der Waals surface area contributed by atoms with Gasteiger partial charge in [-0.3, -0.25) is 24.5 Å². The first-order valence-corrected chi connectivity index (χ1v) is 23.4. The van der Waals surface area contributed by atoms with Crippen molar-refractivity contribution in [3.05, 3.63) is 47.0 Å². The van der Waals surface area contributed by atoms with E-state index in [9.17, 15) is 90.6 Å². The molecule has 29 heteroatoms. The maximum Gasteiger partial charge on any atom is 0.364 e. The number of carboxylic acid groups (broad SMARTS) is 1. The van der Waals surface area contributed by atoms with Gasteiger partial charge in [0.05, 0.1) is 55.6 Å². The van der Waals surface area contributed by atoms with Crippen LogP contribution in [-0.4, -0.2) is 233 Å². The lowest BCUT2D eigenvalue weighted by atomic mass is 9.88. The van der Waals surface area contributed by atoms with Gasteiger partial charge < -0.3 is 111 Å². The van der Waals surface area contributed by atoms with E-state index < -0.39 is 165 Å². The van der Waals surface area contributed by atoms with Gasteiger partial charge in [0, 0.05) is 44.4 Å². The van der Waals surface area contributed by atoms with E-state index in [1.165, 1.54) is 24.3 Å². The summed E-state index contributed by atoms with van der Waals surface area (Å²) in [7, 11) is 0. The molecule has 0 bridgehead atoms. The molecule has 0 radical (unpaired) electrons. The molecule has 73 heavy (non-hydrogen) atoms. The number of nitro benzene ring substituents is 1. The zero-order chi connectivity index (χ0) is 54.2. The van der Waals surface area contributed by atoms with E-state index in [1.807, 2.05) is 0 Å². The number of nitrogens with zero attached hydrogens (tertiary/aromatic N) is 1. The van der Waals surface area contributed by atoms with Crippen molar-refractivity contribution in [1.82, 2.24) is 10.6 Å². The minimum absolute atomic E-state index is 0.00878. The quantitative estimate of drug-likeness (QED) is 0.00888. The lowest BCUT2D eigenvalue weighted by Gasteiger charge is -2.50. The van der Waals surface area contributed by atoms with Gasteiger partial charge in [0.25, 0.3) is 11.5 Å². The molecule has 16 N–H and O–H groups in total. The number of amides is 2. The average molecular weight is 1050 g/mol. The Bertz CT molecular complexity index is 1940. The Morgan fingerprint density at radius 3 is 2.10 bits per heavy atom. The van der Waals surface area contributed by atoms with Gasteiger partial charge in [-0.25, -0.2) is 4.79 Å². The van der Waals surface area contributed by atoms with Crippen molar-refractivity contribution in [3.8, 4) is 5.75 Å². The minimum atomic E-state index is -3.03. The first-order valence-electron chi connectivity index (χ1n) is 23.4. The number of unbranched alkanes of at least 4 members (excludes halogenated alkanes) is 3. The molecule has 0 unspecified atom stereocenters. The molecule has 0 aromatic heterocycles. The number of aliphatic hydroxyl groups excluding tert-OH is 11. The van der Waals surface area contributed by atoms with Crippen LogP contribution in [0.25, 0.3) is 0 Å². The Morgan fingerprint density at radius 1 is 0.849 bits per heavy atom. The van der Waals surface area contributed by atoms with E-state index in [4.69, 9.17) is 38.9 Å². The average Bonchev–Trinajstić information content (AvgIpc) is 3.36. The Balaban J connectivity index is 1.24. The highest BCUT2D eigenvalue weighted by atomic mass is 16.8. The number of nitrogens with two attached hydrogens (primary N) is 1. The van der Waals surface area contributed by atoms with Gasteiger partial charge in [0.15, 0.2) is 12.6 Å². The molecule has 29 nitrogen and oxygen atoms in total. The van der Waals surface area contributed by atoms with Gasteiger partial charge in [-0.05, 0) is 37.8 Å². The molecule has 2 amide bonds. The molecule has 0 saturated carbocycles. The Morgan fingerprint density at radius 2 is 1.48 bits per heavy atom. The van der Waals surface area contributed by atoms with Crippen molar-refractivity contribution in [1.29, 1.82) is 0 Å². The van der Waals surface area contributed by atoms with Crippen LogP contribution in [0.3, 0.4) is 0 Å². The summed E-state index contributed by atoms with van der Waals surface area (Å²) in [5.41, 5.74) is 5.76. The second-order valence-electron chi connectivity index (χ2n) is 17.7. The number of carbonyl (C=O) groups is 4. The zero-order valence-electron chi connectivity index (χ0n) is 39.5. The lowest BCUT2D eigenvalue weighted by molar-refractivity contribution is -0.386. The molecule has 4 rings (SSSR count). The van der Waals surface area contributed by atoms with Gasteiger partial charge in [0.2, 0.25) is 11.8 Å². The van der Waals surface area contributed by atoms with Gasteiger partial charge in [-0.2, -0.15) is 0 Å². The molecule has 414 valence electrons. The number of benzene rings is 1. The topological polar surface area (TPSA) is 469 Å². The Labute approximate surface area is 417 Å². The van der Waals surface area contributed by atoms with Crippen LogP contribution in [-0.2, 0) is 47.6 Å². The van der Waals surface area contributed by atoms with Crippen LogP contribution in [0.15, 0.2) is 36.9 Å². The van der Waals surface area contributed by atoms with Crippen molar-refractivity contribution in [2.75, 3.05) is 33.0 Å². The van der Waals surface area contributed by atoms with Crippen LogP contribution in [0.5, 0.6) is 5.75 Å². The van der Waals surface area contributed by atoms with Crippen molar-refractivity contribution in [3.63, 3.8) is 0 Å². The van der Waals surface area contributed by atoms with E-state index in [0.29, 0.717) is 38.6 Å². The third-order valence-corrected chi connectivity index (χ3v) is 12.3. The number of nitro groups is 1. The van der Waals surface area contributed by atoms with Crippen LogP contribution >= 0.6 is 0 Å². The van der Waals surface area contributed by atoms with Gasteiger partial charge in [-0.1, -0.05) is 12.5 Å². The SMILES string of the molecule is C=C[C@@H](O)[C@@H](CO[C@@H]1O[C@H](CO)[C@@H](O[C@@H]2O[C@H](CO)[C@H](O)[C@H](O[C@]3(C(=O)O)C[C@H](O)[C@@H](N)[C@H]([C@H](O)[C@H](O)CO)O3)[C@H]2O)[C@H](O)[C@H]1O)NC(=O)CCCCCNC(=O)CCCCC(=O)Oc1ccc([N+](=O)[O-])cc1. The van der Waals surface area contributed by atoms with Crippen LogP contribution in [0.2, 0.25) is 0 Å². The highest BCUT2D eigenvalue weighted by Crippen LogP contribution is 2.38. The predicted octanol–water partition coefficient (Wildman–Crippen LogP) is -5.59. The largest absolute Gasteiger partial charge is 0.477 e. The molecule has 1 aromatic rings. The maximum absolute atomic E-state index is 12.9. The summed E-state index contributed by atoms with van der Waals surface area (Å²) in [4.78, 5) is 60.0. The second kappa shape index (κ2) is 29.0. The smallest absolute Gasteiger partial charge is 0.364 e. The monoisotopic (exact) mass is 1050 g/mol. The number of hydrogen-bond acceptors (Lipinski definition) is 25. The third-order valence-electron chi connectivity index (χ3n) is 12.3. The fourth-order valence-electron chi connectivity index (χ4n) is 8.05. The van der Waals surface area contributed by atoms with Gasteiger partial charge >= 0.3 is 11.9 Å². The van der Waals surface area contributed by atoms with E-state index in [1.54, 1.807) is 0 Å². The first-order chi connectivity index (χ1) is 34.6. The number of hydrogen-bond donors (Lipinski definition) is 15. The number of carboxylic acids is 1. The maximum atomic E-state index is 12.9. The van der Waals surface area contributed by atoms with E-state index in [2.05, 4.69) is 17.2 Å². The third kappa shape index (κ3) is 16.8. The van der Waals surface area contributed by atoms with Crippen molar-refractivity contribution in [2.24, 2.45) is 5.73 Å². The summed E-state index contributed by atoms with van der Waals surface area (Å²) in [6, 6.07) is 2.32. The van der Waals surface area contributed by atoms with Crippen molar-refractivity contribution >= 4 is 29.4 Å². The highest BCUT2D eigenvalue weighted by Gasteiger charge is 2.59. The molecule has 3 saturated heterocycles. The fraction of sp³-hybridized carbons (Fsp3) is 0.727. The number of ether oxygens (including phenoxy) is 7. The summed E-state index contributed by atoms with van der Waals surface area (Å²) in [5.74, 6) is -6.14. The van der Waals surface area contributed by atoms with E-state index >= 15 is 0 Å². The van der Waals surface area contributed by atoms with Crippen LogP contribution < -0.4 is 21.1 Å². The van der Waals surface area contributed by atoms with Crippen LogP contribution in [0, 0.1) is 10.1 Å². The van der Waals surface area contributed by atoms with Crippen molar-refractivity contribution < 1.29 is 119 Å². The van der Waals surface area contributed by atoms with Crippen LogP contribution in [0.4, 0.5) is 5.69 Å². The normalized spacial score (nSPS) is 32.1. The molecule has 0 spiro atoms. The number of esters is 1. The predicted molar refractivity (Wildman–Crippen MR) is 241 cm³/mol. The number of carbonyl (C=O) groups excluding carboxylic acids is 3. The van der Waals surface area contributed by atoms with Crippen molar-refractivity contribution in [2.45, 2.75) is 168 Å². The molecular formula is C44H68N4O25. The summed E-state index contributed by atoms with van der Waals surface area (Å²) in [6.45, 7) is 0.276.